The van der Waals surface area contributed by atoms with Crippen molar-refractivity contribution in [2.75, 3.05) is 39.3 Å². The molecule has 0 aliphatic carbocycles. The maximum absolute atomic E-state index is 12.7. The van der Waals surface area contributed by atoms with Crippen molar-refractivity contribution in [1.82, 2.24) is 13.9 Å². The largest absolute Gasteiger partial charge is 0.395 e. The average Bonchev–Trinajstić information content (AvgIpc) is 2.69. The van der Waals surface area contributed by atoms with Crippen molar-refractivity contribution in [3.05, 3.63) is 0 Å². The molecule has 0 unspecified atom stereocenters. The van der Waals surface area contributed by atoms with E-state index < -0.39 is 10.2 Å². The molecule has 6 nitrogen and oxygen atoms in total. The third-order valence-electron chi connectivity index (χ3n) is 4.80. The van der Waals surface area contributed by atoms with Crippen LogP contribution in [-0.2, 0) is 10.2 Å². The highest BCUT2D eigenvalue weighted by atomic mass is 32.2. The lowest BCUT2D eigenvalue weighted by Crippen LogP contribution is -2.48. The summed E-state index contributed by atoms with van der Waals surface area (Å²) >= 11 is 0. The first kappa shape index (κ1) is 18.1. The minimum absolute atomic E-state index is 0.0280. The van der Waals surface area contributed by atoms with Gasteiger partial charge in [0.15, 0.2) is 0 Å². The van der Waals surface area contributed by atoms with Gasteiger partial charge in [0, 0.05) is 38.8 Å². The summed E-state index contributed by atoms with van der Waals surface area (Å²) in [5, 5.41) is 9.11. The molecule has 0 amide bonds. The molecule has 2 N–H and O–H groups in total. The van der Waals surface area contributed by atoms with E-state index in [1.54, 1.807) is 4.31 Å². The Morgan fingerprint density at radius 2 is 1.82 bits per heavy atom. The van der Waals surface area contributed by atoms with Crippen LogP contribution in [0.4, 0.5) is 0 Å². The number of rotatable bonds is 7. The maximum Gasteiger partial charge on any atom is 0.279 e. The summed E-state index contributed by atoms with van der Waals surface area (Å²) in [6.45, 7) is 5.75. The molecular formula is C15H31N3O3S. The molecular weight excluding hydrogens is 302 g/mol. The quantitative estimate of drug-likeness (QED) is 0.722. The molecule has 0 saturated carbocycles. The minimum Gasteiger partial charge on any atom is -0.395 e. The van der Waals surface area contributed by atoms with Crippen molar-refractivity contribution >= 4 is 10.2 Å². The Balaban J connectivity index is 1.99. The number of nitrogens with one attached hydrogen (secondary N) is 1. The fraction of sp³-hybridized carbons (Fsp3) is 1.00. The summed E-state index contributed by atoms with van der Waals surface area (Å²) in [6, 6.07) is -0.0280. The van der Waals surface area contributed by atoms with Gasteiger partial charge in [-0.2, -0.15) is 17.4 Å². The van der Waals surface area contributed by atoms with Gasteiger partial charge < -0.3 is 5.11 Å². The van der Waals surface area contributed by atoms with Crippen LogP contribution in [0.15, 0.2) is 0 Å². The molecule has 2 atom stereocenters. The van der Waals surface area contributed by atoms with Crippen molar-refractivity contribution in [1.29, 1.82) is 0 Å². The molecule has 7 heteroatoms. The van der Waals surface area contributed by atoms with E-state index in [0.29, 0.717) is 32.1 Å². The topological polar surface area (TPSA) is 72.9 Å². The highest BCUT2D eigenvalue weighted by molar-refractivity contribution is 7.87. The molecule has 0 bridgehead atoms. The zero-order valence-corrected chi connectivity index (χ0v) is 14.5. The van der Waals surface area contributed by atoms with Gasteiger partial charge in [-0.25, -0.2) is 0 Å². The lowest BCUT2D eigenvalue weighted by Gasteiger charge is -2.25. The van der Waals surface area contributed by atoms with Gasteiger partial charge in [-0.15, -0.1) is 0 Å². The molecule has 0 aromatic carbocycles. The number of hydrogen-bond donors (Lipinski definition) is 2. The van der Waals surface area contributed by atoms with Gasteiger partial charge in [-0.3, -0.25) is 4.90 Å². The second-order valence-electron chi connectivity index (χ2n) is 6.57. The minimum atomic E-state index is -3.39. The second-order valence-corrected chi connectivity index (χ2v) is 8.28. The van der Waals surface area contributed by atoms with Crippen LogP contribution in [0.25, 0.3) is 0 Å². The first-order valence-electron chi connectivity index (χ1n) is 8.67. The van der Waals surface area contributed by atoms with E-state index in [2.05, 4.69) is 16.5 Å². The van der Waals surface area contributed by atoms with Gasteiger partial charge in [0.1, 0.15) is 0 Å². The van der Waals surface area contributed by atoms with E-state index in [-0.39, 0.29) is 12.6 Å². The molecule has 2 saturated heterocycles. The zero-order chi connectivity index (χ0) is 16.0. The molecule has 2 aliphatic rings. The molecule has 2 rings (SSSR count). The van der Waals surface area contributed by atoms with Crippen LogP contribution in [0.1, 0.15) is 45.4 Å². The SMILES string of the molecule is CCC[C@H]1CN(CCO)C[C@@H]1NS(=O)(=O)N1CCCCCC1. The molecule has 0 aromatic heterocycles. The molecule has 2 aliphatic heterocycles. The van der Waals surface area contributed by atoms with Crippen LogP contribution in [0.3, 0.4) is 0 Å². The van der Waals surface area contributed by atoms with Gasteiger partial charge in [-0.05, 0) is 25.2 Å². The van der Waals surface area contributed by atoms with Crippen LogP contribution < -0.4 is 4.72 Å². The van der Waals surface area contributed by atoms with Crippen molar-refractivity contribution in [3.63, 3.8) is 0 Å². The summed E-state index contributed by atoms with van der Waals surface area (Å²) in [5.41, 5.74) is 0. The smallest absolute Gasteiger partial charge is 0.279 e. The molecule has 22 heavy (non-hydrogen) atoms. The van der Waals surface area contributed by atoms with E-state index in [0.717, 1.165) is 45.1 Å². The maximum atomic E-state index is 12.7. The van der Waals surface area contributed by atoms with Crippen LogP contribution >= 0.6 is 0 Å². The first-order valence-corrected chi connectivity index (χ1v) is 10.1. The lowest BCUT2D eigenvalue weighted by molar-refractivity contribution is 0.216. The number of nitrogens with zero attached hydrogens (tertiary/aromatic N) is 2. The van der Waals surface area contributed by atoms with E-state index >= 15 is 0 Å². The summed E-state index contributed by atoms with van der Waals surface area (Å²) in [6.07, 6.45) is 6.24. The van der Waals surface area contributed by atoms with Crippen LogP contribution in [0, 0.1) is 5.92 Å². The van der Waals surface area contributed by atoms with Crippen molar-refractivity contribution in [3.8, 4) is 0 Å². The fourth-order valence-corrected chi connectivity index (χ4v) is 5.17. The van der Waals surface area contributed by atoms with Crippen molar-refractivity contribution in [2.24, 2.45) is 5.92 Å². The average molecular weight is 333 g/mol. The molecule has 0 radical (unpaired) electrons. The Labute approximate surface area is 135 Å². The summed E-state index contributed by atoms with van der Waals surface area (Å²) in [5.74, 6) is 0.346. The van der Waals surface area contributed by atoms with Gasteiger partial charge in [-0.1, -0.05) is 26.2 Å². The Hall–Kier alpha value is -0.210. The standard InChI is InChI=1S/C15H31N3O3S/c1-2-7-14-12-17(10-11-19)13-15(14)16-22(20,21)18-8-5-3-4-6-9-18/h14-16,19H,2-13H2,1H3/t14-,15-/m0/s1. The number of aliphatic hydroxyl groups is 1. The number of hydrogen-bond acceptors (Lipinski definition) is 4. The summed E-state index contributed by atoms with van der Waals surface area (Å²) in [7, 11) is -3.39. The molecule has 2 heterocycles. The van der Waals surface area contributed by atoms with Crippen LogP contribution in [-0.4, -0.2) is 68.1 Å². The normalized spacial score (nSPS) is 28.8. The Morgan fingerprint density at radius 3 is 2.41 bits per heavy atom. The second kappa shape index (κ2) is 8.59. The molecule has 2 fully saturated rings. The third kappa shape index (κ3) is 4.89. The predicted octanol–water partition coefficient (Wildman–Crippen LogP) is 0.790. The Bertz CT molecular complexity index is 422. The molecule has 130 valence electrons. The first-order chi connectivity index (χ1) is 10.6. The number of β-amino-alcohol motifs (C(OH)–C–C–N with tert-alkyl or cyclic N) is 1. The summed E-state index contributed by atoms with van der Waals surface area (Å²) < 4.78 is 29.9. The third-order valence-corrected chi connectivity index (χ3v) is 6.44. The zero-order valence-electron chi connectivity index (χ0n) is 13.7. The van der Waals surface area contributed by atoms with Crippen LogP contribution in [0.2, 0.25) is 0 Å². The fourth-order valence-electron chi connectivity index (χ4n) is 3.63. The molecule has 0 spiro atoms. The Kier molecular flexibility index (Phi) is 7.08. The van der Waals surface area contributed by atoms with E-state index in [4.69, 9.17) is 5.11 Å². The lowest BCUT2D eigenvalue weighted by atomic mass is 9.99. The van der Waals surface area contributed by atoms with Gasteiger partial charge in [0.05, 0.1) is 6.61 Å². The molecule has 0 aromatic rings. The highest BCUT2D eigenvalue weighted by Gasteiger charge is 2.36. The van der Waals surface area contributed by atoms with Gasteiger partial charge >= 0.3 is 0 Å². The Morgan fingerprint density at radius 1 is 1.14 bits per heavy atom. The van der Waals surface area contributed by atoms with Gasteiger partial charge in [0.25, 0.3) is 10.2 Å². The van der Waals surface area contributed by atoms with E-state index in [9.17, 15) is 8.42 Å². The number of likely N-dealkylation sites (tertiary alicyclic amines) is 1. The number of aliphatic hydroxyl groups excluding tert-OH is 1. The highest BCUT2D eigenvalue weighted by Crippen LogP contribution is 2.23. The van der Waals surface area contributed by atoms with E-state index in [1.807, 2.05) is 0 Å². The summed E-state index contributed by atoms with van der Waals surface area (Å²) in [4.78, 5) is 2.16. The predicted molar refractivity (Wildman–Crippen MR) is 87.8 cm³/mol. The van der Waals surface area contributed by atoms with Crippen molar-refractivity contribution in [2.45, 2.75) is 51.5 Å². The van der Waals surface area contributed by atoms with Crippen LogP contribution in [0.5, 0.6) is 0 Å². The monoisotopic (exact) mass is 333 g/mol. The van der Waals surface area contributed by atoms with E-state index in [1.165, 1.54) is 0 Å². The van der Waals surface area contributed by atoms with Gasteiger partial charge in [0.2, 0.25) is 0 Å². The van der Waals surface area contributed by atoms with Crippen molar-refractivity contribution < 1.29 is 13.5 Å².